The monoisotopic (exact) mass is 411 g/mol. The molecule has 0 fully saturated rings. The van der Waals surface area contributed by atoms with Crippen molar-refractivity contribution in [3.63, 3.8) is 0 Å². The van der Waals surface area contributed by atoms with Crippen LogP contribution in [-0.4, -0.2) is 51.3 Å². The number of aliphatic imine (C=N–C) groups is 1. The number of nitrogens with zero attached hydrogens (tertiary/aromatic N) is 2. The number of anilines is 1. The number of amides is 1. The minimum atomic E-state index is -1.26. The normalized spacial score (nSPS) is 10.8. The van der Waals surface area contributed by atoms with Gasteiger partial charge in [0, 0.05) is 25.1 Å². The fourth-order valence-electron chi connectivity index (χ4n) is 1.53. The minimum Gasteiger partial charge on any atom is -0.478 e. The summed E-state index contributed by atoms with van der Waals surface area (Å²) in [6, 6.07) is 5.65. The van der Waals surface area contributed by atoms with Crippen molar-refractivity contribution >= 4 is 41.4 Å². The first-order valence-corrected chi connectivity index (χ1v) is 9.32. The Bertz CT molecular complexity index is 693. The molecule has 0 saturated carbocycles. The highest BCUT2D eigenvalue weighted by Gasteiger charge is 2.01. The summed E-state index contributed by atoms with van der Waals surface area (Å²) in [7, 11) is 0. The van der Waals surface area contributed by atoms with Crippen LogP contribution in [0.15, 0.2) is 40.4 Å². The van der Waals surface area contributed by atoms with E-state index in [4.69, 9.17) is 21.7 Å². The van der Waals surface area contributed by atoms with E-state index in [0.717, 1.165) is 23.6 Å². The third-order valence-electron chi connectivity index (χ3n) is 2.67. The van der Waals surface area contributed by atoms with E-state index in [1.807, 2.05) is 25.1 Å². The Morgan fingerprint density at radius 3 is 2.39 bits per heavy atom. The molecule has 28 heavy (non-hydrogen) atoms. The molecule has 154 valence electrons. The highest BCUT2D eigenvalue weighted by atomic mass is 32.2. The third kappa shape index (κ3) is 15.2. The largest absolute Gasteiger partial charge is 0.478 e. The predicted molar refractivity (Wildman–Crippen MR) is 108 cm³/mol. The van der Waals surface area contributed by atoms with E-state index < -0.39 is 11.9 Å². The molecule has 0 radical (unpaired) electrons. The minimum absolute atomic E-state index is 0.270. The van der Waals surface area contributed by atoms with Gasteiger partial charge in [-0.3, -0.25) is 9.79 Å². The Balaban J connectivity index is 0.000000769. The number of carboxylic acids is 2. The van der Waals surface area contributed by atoms with Crippen molar-refractivity contribution in [2.24, 2.45) is 16.5 Å². The quantitative estimate of drug-likeness (QED) is 0.124. The van der Waals surface area contributed by atoms with E-state index in [9.17, 15) is 14.4 Å². The van der Waals surface area contributed by atoms with Crippen molar-refractivity contribution in [1.82, 2.24) is 4.98 Å². The molecule has 0 aliphatic rings. The highest BCUT2D eigenvalue weighted by molar-refractivity contribution is 7.99. The lowest BCUT2D eigenvalue weighted by molar-refractivity contribution is -0.134. The van der Waals surface area contributed by atoms with Gasteiger partial charge in [-0.25, -0.2) is 14.6 Å². The van der Waals surface area contributed by atoms with Crippen molar-refractivity contribution in [3.05, 3.63) is 30.4 Å². The molecule has 0 aromatic carbocycles. The van der Waals surface area contributed by atoms with Gasteiger partial charge in [0.25, 0.3) is 0 Å². The average molecular weight is 411 g/mol. The van der Waals surface area contributed by atoms with Crippen molar-refractivity contribution in [2.45, 2.75) is 31.2 Å². The van der Waals surface area contributed by atoms with E-state index in [1.165, 1.54) is 0 Å². The molecule has 0 aliphatic carbocycles. The van der Waals surface area contributed by atoms with Gasteiger partial charge in [0.05, 0.1) is 5.03 Å². The van der Waals surface area contributed by atoms with Gasteiger partial charge in [-0.1, -0.05) is 13.0 Å². The molecule has 0 atom stereocenters. The number of primary amides is 1. The second-order valence-corrected chi connectivity index (χ2v) is 6.30. The Kier molecular flexibility index (Phi) is 13.4. The Hall–Kier alpha value is -3.08. The summed E-state index contributed by atoms with van der Waals surface area (Å²) >= 11 is 1.58. The van der Waals surface area contributed by atoms with Crippen LogP contribution in [0.1, 0.15) is 26.2 Å². The van der Waals surface area contributed by atoms with Gasteiger partial charge in [-0.15, -0.1) is 11.8 Å². The number of aliphatic carboxylic acids is 2. The average Bonchev–Trinajstić information content (AvgIpc) is 2.62. The van der Waals surface area contributed by atoms with Gasteiger partial charge in [0.1, 0.15) is 5.82 Å². The maximum Gasteiger partial charge on any atom is 0.328 e. The summed E-state index contributed by atoms with van der Waals surface area (Å²) in [6.45, 7) is 2.73. The summed E-state index contributed by atoms with van der Waals surface area (Å²) in [5.41, 5.74) is 10.8. The number of carbonyl (C=O) groups is 3. The molecule has 1 rings (SSSR count). The second kappa shape index (κ2) is 15.0. The second-order valence-electron chi connectivity index (χ2n) is 5.18. The highest BCUT2D eigenvalue weighted by Crippen LogP contribution is 2.18. The number of hydrogen-bond acceptors (Lipinski definition) is 6. The molecule has 0 unspecified atom stereocenters. The lowest BCUT2D eigenvalue weighted by Crippen LogP contribution is -2.23. The number of nitrogens with two attached hydrogens (primary N) is 2. The van der Waals surface area contributed by atoms with Gasteiger partial charge in [-0.2, -0.15) is 0 Å². The molecular weight excluding hydrogens is 386 g/mol. The number of guanidine groups is 1. The molecule has 11 heteroatoms. The maximum atomic E-state index is 10.6. The van der Waals surface area contributed by atoms with Gasteiger partial charge in [-0.05, 0) is 30.7 Å². The summed E-state index contributed by atoms with van der Waals surface area (Å²) in [5.74, 6) is -0.940. The van der Waals surface area contributed by atoms with E-state index in [0.29, 0.717) is 36.9 Å². The third-order valence-corrected chi connectivity index (χ3v) is 3.69. The molecule has 1 heterocycles. The van der Waals surface area contributed by atoms with Crippen LogP contribution in [0.4, 0.5) is 5.82 Å². The van der Waals surface area contributed by atoms with Crippen LogP contribution in [0.3, 0.4) is 0 Å². The topological polar surface area (TPSA) is 181 Å². The Morgan fingerprint density at radius 2 is 1.86 bits per heavy atom. The van der Waals surface area contributed by atoms with Crippen LogP contribution in [0.2, 0.25) is 0 Å². The first-order chi connectivity index (χ1) is 13.2. The number of carbonyl (C=O) groups excluding carboxylic acids is 1. The summed E-state index contributed by atoms with van der Waals surface area (Å²) in [4.78, 5) is 38.3. The number of thioether (sulfide) groups is 1. The molecular formula is C17H25N5O5S. The molecule has 0 bridgehead atoms. The molecule has 1 aromatic heterocycles. The van der Waals surface area contributed by atoms with Crippen molar-refractivity contribution in [1.29, 1.82) is 0 Å². The molecule has 0 saturated heterocycles. The molecule has 1 amide bonds. The first-order valence-electron chi connectivity index (χ1n) is 8.33. The zero-order chi connectivity index (χ0) is 21.4. The molecule has 0 aliphatic heterocycles. The van der Waals surface area contributed by atoms with Crippen LogP contribution < -0.4 is 16.8 Å². The summed E-state index contributed by atoms with van der Waals surface area (Å²) in [5, 5.41) is 19.5. The smallest absolute Gasteiger partial charge is 0.328 e. The van der Waals surface area contributed by atoms with Crippen LogP contribution in [-0.2, 0) is 14.4 Å². The van der Waals surface area contributed by atoms with E-state index >= 15 is 0 Å². The lowest BCUT2D eigenvalue weighted by atomic mass is 10.3. The molecule has 10 nitrogen and oxygen atoms in total. The molecule has 1 aromatic rings. The standard InChI is InChI=1S/C13H21N5OS.C4H4O4/c1-2-8-16-13(15)18-11-6-3-7-12(17-11)20-9-4-5-10(14)19;5-3(6)1-2-4(7)8/h3,6-7H,2,4-5,8-9H2,1H3,(H2,14,19)(H3,15,16,17,18);1-2H,(H,5,6)(H,7,8). The number of pyridine rings is 1. The fraction of sp³-hybridized carbons (Fsp3) is 0.353. The van der Waals surface area contributed by atoms with Gasteiger partial charge in [0.15, 0.2) is 5.96 Å². The van der Waals surface area contributed by atoms with E-state index in [-0.39, 0.29) is 5.91 Å². The molecule has 7 N–H and O–H groups in total. The van der Waals surface area contributed by atoms with E-state index in [1.54, 1.807) is 11.8 Å². The van der Waals surface area contributed by atoms with Crippen molar-refractivity contribution < 1.29 is 24.6 Å². The molecule has 0 spiro atoms. The first kappa shape index (κ1) is 24.9. The Labute approximate surface area is 167 Å². The Morgan fingerprint density at radius 1 is 1.21 bits per heavy atom. The van der Waals surface area contributed by atoms with Crippen molar-refractivity contribution in [3.8, 4) is 0 Å². The maximum absolute atomic E-state index is 10.6. The van der Waals surface area contributed by atoms with Crippen LogP contribution in [0.25, 0.3) is 0 Å². The zero-order valence-corrected chi connectivity index (χ0v) is 16.3. The summed E-state index contributed by atoms with van der Waals surface area (Å²) in [6.07, 6.45) is 3.22. The SMILES string of the molecule is CCCN=C(N)Nc1cccc(SCCCC(N)=O)n1.O=C(O)C=CC(=O)O. The van der Waals surface area contributed by atoms with E-state index in [2.05, 4.69) is 15.3 Å². The zero-order valence-electron chi connectivity index (χ0n) is 15.5. The van der Waals surface area contributed by atoms with Crippen molar-refractivity contribution in [2.75, 3.05) is 17.6 Å². The van der Waals surface area contributed by atoms with Crippen LogP contribution >= 0.6 is 11.8 Å². The number of rotatable bonds is 10. The lowest BCUT2D eigenvalue weighted by Gasteiger charge is -2.06. The summed E-state index contributed by atoms with van der Waals surface area (Å²) < 4.78 is 0. The number of aromatic nitrogens is 1. The number of nitrogens with one attached hydrogen (secondary N) is 1. The van der Waals surface area contributed by atoms with Gasteiger partial charge in [0.2, 0.25) is 5.91 Å². The number of hydrogen-bond donors (Lipinski definition) is 5. The van der Waals surface area contributed by atoms with Crippen LogP contribution in [0, 0.1) is 0 Å². The predicted octanol–water partition coefficient (Wildman–Crippen LogP) is 1.29. The fourth-order valence-corrected chi connectivity index (χ4v) is 2.37. The van der Waals surface area contributed by atoms with Gasteiger partial charge >= 0.3 is 11.9 Å². The van der Waals surface area contributed by atoms with Gasteiger partial charge < -0.3 is 27.0 Å². The number of carboxylic acid groups (broad SMARTS) is 2. The van der Waals surface area contributed by atoms with Crippen LogP contribution in [0.5, 0.6) is 0 Å².